The third-order valence-electron chi connectivity index (χ3n) is 2.09. The van der Waals surface area contributed by atoms with Gasteiger partial charge in [0.2, 0.25) is 0 Å². The Kier molecular flexibility index (Phi) is 4.48. The minimum Gasteiger partial charge on any atom is -0.316 e. The van der Waals surface area contributed by atoms with Crippen LogP contribution in [0.2, 0.25) is 0 Å². The first-order valence-electron chi connectivity index (χ1n) is 5.00. The first-order chi connectivity index (χ1) is 6.70. The fourth-order valence-corrected chi connectivity index (χ4v) is 2.46. The second-order valence-electron chi connectivity index (χ2n) is 3.37. The highest BCUT2D eigenvalue weighted by Crippen LogP contribution is 2.25. The average molecular weight is 213 g/mol. The molecule has 0 aliphatic rings. The zero-order valence-corrected chi connectivity index (χ0v) is 10.2. The van der Waals surface area contributed by atoms with Gasteiger partial charge in [-0.15, -0.1) is 11.8 Å². The number of hydrogen-bond donors (Lipinski definition) is 1. The van der Waals surface area contributed by atoms with Crippen molar-refractivity contribution in [3.05, 3.63) is 11.3 Å². The molecule has 0 aromatic carbocycles. The second-order valence-corrected chi connectivity index (χ2v) is 4.46. The topological polar surface area (TPSA) is 29.9 Å². The van der Waals surface area contributed by atoms with Crippen LogP contribution in [0.3, 0.4) is 0 Å². The van der Waals surface area contributed by atoms with Gasteiger partial charge in [-0.1, -0.05) is 6.92 Å². The first-order valence-corrected chi connectivity index (χ1v) is 5.99. The normalized spacial score (nSPS) is 10.9. The summed E-state index contributed by atoms with van der Waals surface area (Å²) in [7, 11) is 3.99. The van der Waals surface area contributed by atoms with Gasteiger partial charge in [-0.2, -0.15) is 5.10 Å². The Hall–Kier alpha value is -0.480. The van der Waals surface area contributed by atoms with E-state index in [9.17, 15) is 0 Å². The molecule has 0 spiro atoms. The monoisotopic (exact) mass is 213 g/mol. The van der Waals surface area contributed by atoms with Crippen LogP contribution in [-0.4, -0.2) is 22.6 Å². The Balaban J connectivity index is 2.86. The number of nitrogens with zero attached hydrogens (tertiary/aromatic N) is 2. The summed E-state index contributed by atoms with van der Waals surface area (Å²) >= 11 is 1.89. The summed E-state index contributed by atoms with van der Waals surface area (Å²) in [5.41, 5.74) is 2.48. The zero-order chi connectivity index (χ0) is 10.6. The van der Waals surface area contributed by atoms with Gasteiger partial charge in [-0.05, 0) is 26.1 Å². The lowest BCUT2D eigenvalue weighted by atomic mass is 10.3. The molecule has 0 unspecified atom stereocenters. The standard InChI is InChI=1S/C10H19N3S/c1-5-6-14-10-9(7-11-3)8(2)12-13(10)4/h11H,5-7H2,1-4H3. The van der Waals surface area contributed by atoms with Gasteiger partial charge in [-0.3, -0.25) is 4.68 Å². The molecule has 0 saturated heterocycles. The number of thioether (sulfide) groups is 1. The van der Waals surface area contributed by atoms with Crippen LogP contribution in [0.15, 0.2) is 5.03 Å². The van der Waals surface area contributed by atoms with Gasteiger partial charge < -0.3 is 5.32 Å². The van der Waals surface area contributed by atoms with Crippen molar-refractivity contribution in [2.45, 2.75) is 31.8 Å². The largest absolute Gasteiger partial charge is 0.316 e. The molecule has 0 amide bonds. The molecule has 0 aliphatic carbocycles. The minimum absolute atomic E-state index is 0.908. The van der Waals surface area contributed by atoms with Crippen molar-refractivity contribution >= 4 is 11.8 Å². The molecule has 3 nitrogen and oxygen atoms in total. The van der Waals surface area contributed by atoms with Gasteiger partial charge in [-0.25, -0.2) is 0 Å². The van der Waals surface area contributed by atoms with Crippen molar-refractivity contribution in [2.24, 2.45) is 7.05 Å². The fraction of sp³-hybridized carbons (Fsp3) is 0.700. The third-order valence-corrected chi connectivity index (χ3v) is 3.48. The van der Waals surface area contributed by atoms with Gasteiger partial charge in [0, 0.05) is 19.2 Å². The maximum atomic E-state index is 4.44. The number of hydrogen-bond acceptors (Lipinski definition) is 3. The Labute approximate surface area is 90.3 Å². The second kappa shape index (κ2) is 5.41. The highest BCUT2D eigenvalue weighted by atomic mass is 32.2. The Bertz CT molecular complexity index is 294. The van der Waals surface area contributed by atoms with Crippen molar-refractivity contribution in [3.8, 4) is 0 Å². The van der Waals surface area contributed by atoms with Gasteiger partial charge in [0.1, 0.15) is 0 Å². The summed E-state index contributed by atoms with van der Waals surface area (Å²) < 4.78 is 1.99. The molecule has 1 heterocycles. The summed E-state index contributed by atoms with van der Waals surface area (Å²) in [6.07, 6.45) is 1.20. The molecule has 0 saturated carbocycles. The Morgan fingerprint density at radius 2 is 2.21 bits per heavy atom. The highest BCUT2D eigenvalue weighted by Gasteiger charge is 2.11. The van der Waals surface area contributed by atoms with E-state index in [1.807, 2.05) is 30.5 Å². The summed E-state index contributed by atoms with van der Waals surface area (Å²) in [5, 5.41) is 8.93. The first kappa shape index (κ1) is 11.6. The lowest BCUT2D eigenvalue weighted by Gasteiger charge is -2.04. The van der Waals surface area contributed by atoms with E-state index >= 15 is 0 Å². The molecule has 1 aromatic rings. The van der Waals surface area contributed by atoms with Gasteiger partial charge >= 0.3 is 0 Å². The molecule has 0 bridgehead atoms. The molecule has 14 heavy (non-hydrogen) atoms. The van der Waals surface area contributed by atoms with Crippen LogP contribution in [0.4, 0.5) is 0 Å². The Morgan fingerprint density at radius 3 is 2.79 bits per heavy atom. The predicted molar refractivity (Wildman–Crippen MR) is 61.7 cm³/mol. The van der Waals surface area contributed by atoms with Crippen LogP contribution in [0.1, 0.15) is 24.6 Å². The highest BCUT2D eigenvalue weighted by molar-refractivity contribution is 7.99. The molecule has 1 N–H and O–H groups in total. The molecular formula is C10H19N3S. The van der Waals surface area contributed by atoms with E-state index in [0.717, 1.165) is 18.0 Å². The van der Waals surface area contributed by atoms with Crippen LogP contribution in [0.25, 0.3) is 0 Å². The van der Waals surface area contributed by atoms with E-state index < -0.39 is 0 Å². The lowest BCUT2D eigenvalue weighted by Crippen LogP contribution is -2.07. The maximum Gasteiger partial charge on any atom is 0.0984 e. The van der Waals surface area contributed by atoms with Gasteiger partial charge in [0.05, 0.1) is 10.7 Å². The number of aromatic nitrogens is 2. The maximum absolute atomic E-state index is 4.44. The van der Waals surface area contributed by atoms with Crippen LogP contribution in [-0.2, 0) is 13.6 Å². The van der Waals surface area contributed by atoms with E-state index in [0.29, 0.717) is 0 Å². The van der Waals surface area contributed by atoms with Gasteiger partial charge in [0.25, 0.3) is 0 Å². The van der Waals surface area contributed by atoms with Crippen LogP contribution in [0, 0.1) is 6.92 Å². The van der Waals surface area contributed by atoms with E-state index in [1.165, 1.54) is 17.0 Å². The molecular weight excluding hydrogens is 194 g/mol. The van der Waals surface area contributed by atoms with E-state index in [-0.39, 0.29) is 0 Å². The predicted octanol–water partition coefficient (Wildman–Crippen LogP) is 1.95. The minimum atomic E-state index is 0.908. The molecule has 0 fully saturated rings. The van der Waals surface area contributed by atoms with Crippen molar-refractivity contribution in [3.63, 3.8) is 0 Å². The van der Waals surface area contributed by atoms with Crippen LogP contribution >= 0.6 is 11.8 Å². The van der Waals surface area contributed by atoms with E-state index in [4.69, 9.17) is 0 Å². The summed E-state index contributed by atoms with van der Waals surface area (Å²) in [4.78, 5) is 0. The van der Waals surface area contributed by atoms with Crippen molar-refractivity contribution in [2.75, 3.05) is 12.8 Å². The molecule has 0 radical (unpaired) electrons. The molecule has 80 valence electrons. The lowest BCUT2D eigenvalue weighted by molar-refractivity contribution is 0.683. The number of nitrogens with one attached hydrogen (secondary N) is 1. The van der Waals surface area contributed by atoms with Crippen molar-refractivity contribution in [1.29, 1.82) is 0 Å². The summed E-state index contributed by atoms with van der Waals surface area (Å²) in [6, 6.07) is 0. The van der Waals surface area contributed by atoms with E-state index in [2.05, 4.69) is 24.3 Å². The SMILES string of the molecule is CCCSc1c(CNC)c(C)nn1C. The molecule has 0 atom stereocenters. The smallest absolute Gasteiger partial charge is 0.0984 e. The van der Waals surface area contributed by atoms with E-state index in [1.54, 1.807) is 0 Å². The zero-order valence-electron chi connectivity index (χ0n) is 9.42. The molecule has 1 rings (SSSR count). The summed E-state index contributed by atoms with van der Waals surface area (Å²) in [6.45, 7) is 5.18. The van der Waals surface area contributed by atoms with Crippen molar-refractivity contribution in [1.82, 2.24) is 15.1 Å². The molecule has 0 aliphatic heterocycles. The number of rotatable bonds is 5. The van der Waals surface area contributed by atoms with Crippen LogP contribution < -0.4 is 5.32 Å². The average Bonchev–Trinajstić information content (AvgIpc) is 2.40. The van der Waals surface area contributed by atoms with Crippen LogP contribution in [0.5, 0.6) is 0 Å². The van der Waals surface area contributed by atoms with Crippen molar-refractivity contribution < 1.29 is 0 Å². The Morgan fingerprint density at radius 1 is 1.50 bits per heavy atom. The van der Waals surface area contributed by atoms with Gasteiger partial charge in [0.15, 0.2) is 0 Å². The molecule has 1 aromatic heterocycles. The number of aryl methyl sites for hydroxylation is 2. The third kappa shape index (κ3) is 2.51. The quantitative estimate of drug-likeness (QED) is 0.758. The fourth-order valence-electron chi connectivity index (χ4n) is 1.44. The summed E-state index contributed by atoms with van der Waals surface area (Å²) in [5.74, 6) is 1.16. The molecule has 4 heteroatoms.